The average Bonchev–Trinajstić information content (AvgIpc) is 2.73. The second kappa shape index (κ2) is 5.95. The summed E-state index contributed by atoms with van der Waals surface area (Å²) < 4.78 is 27.9. The highest BCUT2D eigenvalue weighted by Gasteiger charge is 2.34. The second-order valence-corrected chi connectivity index (χ2v) is 6.22. The first-order valence-corrected chi connectivity index (χ1v) is 7.39. The van der Waals surface area contributed by atoms with Crippen molar-refractivity contribution in [2.75, 3.05) is 20.1 Å². The molecule has 0 spiro atoms. The molecular formula is C10H23N3O2S. The van der Waals surface area contributed by atoms with Crippen LogP contribution in [0.1, 0.15) is 32.6 Å². The maximum Gasteiger partial charge on any atom is 0.279 e. The zero-order valence-electron chi connectivity index (χ0n) is 10.1. The van der Waals surface area contributed by atoms with E-state index in [0.29, 0.717) is 19.0 Å². The van der Waals surface area contributed by atoms with Crippen LogP contribution in [0.2, 0.25) is 0 Å². The van der Waals surface area contributed by atoms with E-state index in [9.17, 15) is 8.42 Å². The summed E-state index contributed by atoms with van der Waals surface area (Å²) in [4.78, 5) is 0. The van der Waals surface area contributed by atoms with E-state index in [0.717, 1.165) is 25.7 Å². The van der Waals surface area contributed by atoms with Crippen LogP contribution in [0.4, 0.5) is 0 Å². The Morgan fingerprint density at radius 3 is 2.69 bits per heavy atom. The van der Waals surface area contributed by atoms with E-state index in [4.69, 9.17) is 5.73 Å². The Labute approximate surface area is 98.6 Å². The van der Waals surface area contributed by atoms with E-state index in [1.165, 1.54) is 4.31 Å². The Morgan fingerprint density at radius 2 is 2.12 bits per heavy atom. The maximum atomic E-state index is 11.9. The van der Waals surface area contributed by atoms with Gasteiger partial charge in [-0.25, -0.2) is 4.72 Å². The third-order valence-corrected chi connectivity index (χ3v) is 4.90. The summed E-state index contributed by atoms with van der Waals surface area (Å²) in [5.74, 6) is 0.309. The van der Waals surface area contributed by atoms with Gasteiger partial charge in [-0.3, -0.25) is 0 Å². The fourth-order valence-corrected chi connectivity index (χ4v) is 3.58. The lowest BCUT2D eigenvalue weighted by atomic mass is 10.0. The fraction of sp³-hybridized carbons (Fsp3) is 1.00. The molecule has 0 aliphatic heterocycles. The van der Waals surface area contributed by atoms with Gasteiger partial charge >= 0.3 is 0 Å². The van der Waals surface area contributed by atoms with Crippen molar-refractivity contribution in [2.45, 2.75) is 38.6 Å². The van der Waals surface area contributed by atoms with Crippen molar-refractivity contribution in [3.63, 3.8) is 0 Å². The third kappa shape index (κ3) is 3.16. The van der Waals surface area contributed by atoms with E-state index >= 15 is 0 Å². The predicted octanol–water partition coefficient (Wildman–Crippen LogP) is 0.290. The highest BCUT2D eigenvalue weighted by molar-refractivity contribution is 7.87. The van der Waals surface area contributed by atoms with Crippen molar-refractivity contribution in [1.82, 2.24) is 9.03 Å². The zero-order chi connectivity index (χ0) is 12.2. The van der Waals surface area contributed by atoms with Crippen molar-refractivity contribution in [1.29, 1.82) is 0 Å². The average molecular weight is 249 g/mol. The van der Waals surface area contributed by atoms with Gasteiger partial charge in [0.1, 0.15) is 0 Å². The molecule has 0 saturated heterocycles. The number of hydrogen-bond donors (Lipinski definition) is 2. The minimum atomic E-state index is -3.32. The van der Waals surface area contributed by atoms with Gasteiger partial charge in [-0.2, -0.15) is 12.7 Å². The molecule has 1 rings (SSSR count). The molecule has 1 aliphatic rings. The van der Waals surface area contributed by atoms with Gasteiger partial charge in [0.2, 0.25) is 0 Å². The highest BCUT2D eigenvalue weighted by Crippen LogP contribution is 2.29. The lowest BCUT2D eigenvalue weighted by Gasteiger charge is -2.28. The standard InChI is InChI=1S/C10H23N3O2S/c1-3-7-12-16(14,15)13(2)10-6-4-5-9(10)8-11/h9-10,12H,3-8,11H2,1-2H3. The molecule has 1 saturated carbocycles. The third-order valence-electron chi connectivity index (χ3n) is 3.30. The Bertz CT molecular complexity index is 305. The molecule has 2 atom stereocenters. The molecule has 1 aliphatic carbocycles. The van der Waals surface area contributed by atoms with Crippen molar-refractivity contribution >= 4 is 10.2 Å². The van der Waals surface area contributed by atoms with E-state index in [1.807, 2.05) is 6.92 Å². The van der Waals surface area contributed by atoms with Gasteiger partial charge in [0, 0.05) is 19.6 Å². The molecule has 0 heterocycles. The van der Waals surface area contributed by atoms with Crippen molar-refractivity contribution in [3.8, 4) is 0 Å². The normalized spacial score (nSPS) is 26.5. The van der Waals surface area contributed by atoms with Gasteiger partial charge in [-0.05, 0) is 31.7 Å². The molecule has 2 unspecified atom stereocenters. The molecular weight excluding hydrogens is 226 g/mol. The van der Waals surface area contributed by atoms with Gasteiger partial charge in [-0.1, -0.05) is 13.3 Å². The molecule has 6 heteroatoms. The monoisotopic (exact) mass is 249 g/mol. The molecule has 0 bridgehead atoms. The van der Waals surface area contributed by atoms with E-state index in [2.05, 4.69) is 4.72 Å². The van der Waals surface area contributed by atoms with Crippen LogP contribution < -0.4 is 10.5 Å². The van der Waals surface area contributed by atoms with Crippen LogP contribution in [-0.2, 0) is 10.2 Å². The van der Waals surface area contributed by atoms with Crippen LogP contribution in [0.5, 0.6) is 0 Å². The largest absolute Gasteiger partial charge is 0.330 e. The molecule has 16 heavy (non-hydrogen) atoms. The summed E-state index contributed by atoms with van der Waals surface area (Å²) in [5, 5.41) is 0. The van der Waals surface area contributed by atoms with Crippen LogP contribution in [0, 0.1) is 5.92 Å². The van der Waals surface area contributed by atoms with Gasteiger partial charge < -0.3 is 5.73 Å². The lowest BCUT2D eigenvalue weighted by molar-refractivity contribution is 0.301. The molecule has 1 fully saturated rings. The molecule has 3 N–H and O–H groups in total. The Morgan fingerprint density at radius 1 is 1.44 bits per heavy atom. The molecule has 5 nitrogen and oxygen atoms in total. The van der Waals surface area contributed by atoms with E-state index in [1.54, 1.807) is 7.05 Å². The lowest BCUT2D eigenvalue weighted by Crippen LogP contribution is -2.47. The zero-order valence-corrected chi connectivity index (χ0v) is 11.0. The summed E-state index contributed by atoms with van der Waals surface area (Å²) in [6, 6.07) is 0.0688. The molecule has 96 valence electrons. The summed E-state index contributed by atoms with van der Waals surface area (Å²) in [5.41, 5.74) is 5.66. The van der Waals surface area contributed by atoms with Crippen LogP contribution in [0.3, 0.4) is 0 Å². The minimum Gasteiger partial charge on any atom is -0.330 e. The number of rotatable bonds is 6. The summed E-state index contributed by atoms with van der Waals surface area (Å²) in [6.45, 7) is 3.01. The van der Waals surface area contributed by atoms with Gasteiger partial charge in [0.15, 0.2) is 0 Å². The predicted molar refractivity (Wildman–Crippen MR) is 65.2 cm³/mol. The topological polar surface area (TPSA) is 75.4 Å². The first-order valence-electron chi connectivity index (χ1n) is 5.95. The summed E-state index contributed by atoms with van der Waals surface area (Å²) in [7, 11) is -1.67. The van der Waals surface area contributed by atoms with Crippen molar-refractivity contribution in [2.24, 2.45) is 11.7 Å². The molecule has 0 aromatic carbocycles. The molecule has 0 amide bonds. The Balaban J connectivity index is 2.65. The molecule has 0 aromatic heterocycles. The van der Waals surface area contributed by atoms with Crippen molar-refractivity contribution < 1.29 is 8.42 Å². The quantitative estimate of drug-likeness (QED) is 0.710. The van der Waals surface area contributed by atoms with Gasteiger partial charge in [-0.15, -0.1) is 0 Å². The van der Waals surface area contributed by atoms with Crippen LogP contribution >= 0.6 is 0 Å². The van der Waals surface area contributed by atoms with E-state index in [-0.39, 0.29) is 6.04 Å². The van der Waals surface area contributed by atoms with Gasteiger partial charge in [0.25, 0.3) is 10.2 Å². The number of nitrogens with two attached hydrogens (primary N) is 1. The first kappa shape index (κ1) is 13.9. The van der Waals surface area contributed by atoms with Crippen LogP contribution in [-0.4, -0.2) is 38.9 Å². The number of hydrogen-bond acceptors (Lipinski definition) is 3. The number of nitrogens with zero attached hydrogens (tertiary/aromatic N) is 1. The first-order chi connectivity index (χ1) is 7.53. The smallest absolute Gasteiger partial charge is 0.279 e. The maximum absolute atomic E-state index is 11.9. The van der Waals surface area contributed by atoms with Crippen molar-refractivity contribution in [3.05, 3.63) is 0 Å². The van der Waals surface area contributed by atoms with E-state index < -0.39 is 10.2 Å². The Hall–Kier alpha value is -0.170. The molecule has 0 aromatic rings. The molecule has 0 radical (unpaired) electrons. The Kier molecular flexibility index (Phi) is 5.17. The summed E-state index contributed by atoms with van der Waals surface area (Å²) in [6.07, 6.45) is 3.83. The van der Waals surface area contributed by atoms with Crippen LogP contribution in [0.25, 0.3) is 0 Å². The SMILES string of the molecule is CCCNS(=O)(=O)N(C)C1CCCC1CN. The second-order valence-electron chi connectivity index (χ2n) is 4.41. The number of nitrogens with one attached hydrogen (secondary N) is 1. The summed E-state index contributed by atoms with van der Waals surface area (Å²) >= 11 is 0. The van der Waals surface area contributed by atoms with Crippen LogP contribution in [0.15, 0.2) is 0 Å². The fourth-order valence-electron chi connectivity index (χ4n) is 2.28. The van der Waals surface area contributed by atoms with Gasteiger partial charge in [0.05, 0.1) is 0 Å². The highest BCUT2D eigenvalue weighted by atomic mass is 32.2. The minimum absolute atomic E-state index is 0.0688.